The van der Waals surface area contributed by atoms with Crippen LogP contribution in [0, 0.1) is 11.3 Å². The maximum atomic E-state index is 13.3. The fourth-order valence-electron chi connectivity index (χ4n) is 4.65. The second kappa shape index (κ2) is 10.6. The van der Waals surface area contributed by atoms with Crippen LogP contribution in [0.4, 0.5) is 0 Å². The highest BCUT2D eigenvalue weighted by molar-refractivity contribution is 6.08. The van der Waals surface area contributed by atoms with Gasteiger partial charge in [0.15, 0.2) is 6.61 Å². The first kappa shape index (κ1) is 25.5. The van der Waals surface area contributed by atoms with E-state index < -0.39 is 11.4 Å². The molecule has 0 radical (unpaired) electrons. The number of fused-ring (bicyclic) bond motifs is 1. The van der Waals surface area contributed by atoms with E-state index in [0.29, 0.717) is 0 Å². The van der Waals surface area contributed by atoms with Gasteiger partial charge in [-0.2, -0.15) is 5.10 Å². The molecule has 4 rings (SSSR count). The lowest BCUT2D eigenvalue weighted by Gasteiger charge is -2.30. The molecule has 0 bridgehead atoms. The Bertz CT molecular complexity index is 1160. The highest BCUT2D eigenvalue weighted by Gasteiger charge is 2.44. The highest BCUT2D eigenvalue weighted by Crippen LogP contribution is 2.44. The lowest BCUT2D eigenvalue weighted by Crippen LogP contribution is -2.35. The van der Waals surface area contributed by atoms with Crippen molar-refractivity contribution in [2.24, 2.45) is 16.4 Å². The fraction of sp³-hybridized carbons (Fsp3) is 0.414. The number of ether oxygens (including phenoxy) is 3. The molecule has 2 aromatic rings. The molecule has 0 spiro atoms. The van der Waals surface area contributed by atoms with Crippen molar-refractivity contribution in [1.29, 1.82) is 0 Å². The number of benzene rings is 2. The Morgan fingerprint density at radius 1 is 1.00 bits per heavy atom. The van der Waals surface area contributed by atoms with Gasteiger partial charge in [-0.15, -0.1) is 0 Å². The number of hydrazone groups is 1. The molecule has 0 aromatic heterocycles. The molecule has 2 aliphatic rings. The van der Waals surface area contributed by atoms with Gasteiger partial charge in [0.1, 0.15) is 11.5 Å². The predicted octanol–water partition coefficient (Wildman–Crippen LogP) is 5.42. The maximum absolute atomic E-state index is 13.3. The summed E-state index contributed by atoms with van der Waals surface area (Å²) in [5.41, 5.74) is 3.39. The lowest BCUT2D eigenvalue weighted by atomic mass is 9.77. The van der Waals surface area contributed by atoms with Crippen LogP contribution in [0.3, 0.4) is 0 Å². The average molecular weight is 491 g/mol. The van der Waals surface area contributed by atoms with Crippen molar-refractivity contribution in [1.82, 2.24) is 5.01 Å². The van der Waals surface area contributed by atoms with Crippen LogP contribution < -0.4 is 9.47 Å². The lowest BCUT2D eigenvalue weighted by molar-refractivity contribution is -0.159. The molecule has 2 unspecified atom stereocenters. The third kappa shape index (κ3) is 5.45. The molecule has 190 valence electrons. The van der Waals surface area contributed by atoms with E-state index in [1.54, 1.807) is 35.0 Å². The predicted molar refractivity (Wildman–Crippen MR) is 139 cm³/mol. The molecule has 0 saturated heterocycles. The molecule has 36 heavy (non-hydrogen) atoms. The molecule has 0 N–H and O–H groups in total. The first-order chi connectivity index (χ1) is 17.2. The summed E-state index contributed by atoms with van der Waals surface area (Å²) in [4.78, 5) is 25.6. The minimum Gasteiger partial charge on any atom is -0.497 e. The van der Waals surface area contributed by atoms with E-state index in [1.165, 1.54) is 5.01 Å². The average Bonchev–Trinajstić information content (AvgIpc) is 3.27. The van der Waals surface area contributed by atoms with Crippen molar-refractivity contribution in [3.05, 3.63) is 65.2 Å². The summed E-state index contributed by atoms with van der Waals surface area (Å²) in [6.45, 7) is 4.95. The van der Waals surface area contributed by atoms with Crippen molar-refractivity contribution in [2.45, 2.75) is 46.1 Å². The SMILES string of the molecule is COc1ccc(C=C2CCCC3C2=NN(C(=O)COC(=O)C(C)(C)C)C3c2ccc(OC)cc2)cc1. The van der Waals surface area contributed by atoms with Gasteiger partial charge in [0.05, 0.1) is 31.4 Å². The molecule has 1 fully saturated rings. The number of carbonyl (C=O) groups is 2. The fourth-order valence-corrected chi connectivity index (χ4v) is 4.65. The van der Waals surface area contributed by atoms with Gasteiger partial charge in [0, 0.05) is 5.92 Å². The Kier molecular flexibility index (Phi) is 7.48. The van der Waals surface area contributed by atoms with E-state index in [0.717, 1.165) is 53.2 Å². The van der Waals surface area contributed by atoms with E-state index in [2.05, 4.69) is 6.08 Å². The summed E-state index contributed by atoms with van der Waals surface area (Å²) in [5.74, 6) is 0.857. The maximum Gasteiger partial charge on any atom is 0.311 e. The first-order valence-corrected chi connectivity index (χ1v) is 12.3. The van der Waals surface area contributed by atoms with Gasteiger partial charge in [0.25, 0.3) is 5.91 Å². The number of nitrogens with zero attached hydrogens (tertiary/aromatic N) is 2. The van der Waals surface area contributed by atoms with E-state index in [9.17, 15) is 9.59 Å². The monoisotopic (exact) mass is 490 g/mol. The van der Waals surface area contributed by atoms with Crippen LogP contribution in [0.25, 0.3) is 6.08 Å². The van der Waals surface area contributed by atoms with Crippen LogP contribution in [0.5, 0.6) is 11.5 Å². The zero-order valence-corrected chi connectivity index (χ0v) is 21.6. The summed E-state index contributed by atoms with van der Waals surface area (Å²) in [6.07, 6.45) is 4.95. The number of hydrogen-bond donors (Lipinski definition) is 0. The quantitative estimate of drug-likeness (QED) is 0.506. The van der Waals surface area contributed by atoms with Crippen molar-refractivity contribution in [2.75, 3.05) is 20.8 Å². The molecule has 2 aromatic carbocycles. The topological polar surface area (TPSA) is 77.4 Å². The number of methoxy groups -OCH3 is 2. The van der Waals surface area contributed by atoms with Gasteiger partial charge in [0.2, 0.25) is 0 Å². The molecule has 1 aliphatic carbocycles. The smallest absolute Gasteiger partial charge is 0.311 e. The van der Waals surface area contributed by atoms with Gasteiger partial charge in [-0.3, -0.25) is 9.59 Å². The molecule has 1 heterocycles. The standard InChI is InChI=1S/C29H34N2O5/c1-29(2,3)28(33)36-18-25(32)31-27(20-11-15-23(35-5)16-12-20)24-8-6-7-21(26(24)30-31)17-19-9-13-22(34-4)14-10-19/h9-17,24,27H,6-8,18H2,1-5H3. The second-order valence-electron chi connectivity index (χ2n) is 10.2. The minimum atomic E-state index is -0.686. The molecular weight excluding hydrogens is 456 g/mol. The summed E-state index contributed by atoms with van der Waals surface area (Å²) in [5, 5.41) is 6.37. The number of hydrogen-bond acceptors (Lipinski definition) is 6. The summed E-state index contributed by atoms with van der Waals surface area (Å²) < 4.78 is 16.0. The molecule has 1 amide bonds. The molecule has 7 heteroatoms. The zero-order chi connectivity index (χ0) is 25.9. The second-order valence-corrected chi connectivity index (χ2v) is 10.2. The number of rotatable bonds is 6. The molecule has 1 saturated carbocycles. The Morgan fingerprint density at radius 2 is 1.61 bits per heavy atom. The van der Waals surface area contributed by atoms with Crippen LogP contribution in [0.2, 0.25) is 0 Å². The minimum absolute atomic E-state index is 0.0545. The number of carbonyl (C=O) groups excluding carboxylic acids is 2. The zero-order valence-electron chi connectivity index (χ0n) is 21.6. The Balaban J connectivity index is 1.66. The van der Waals surface area contributed by atoms with Crippen LogP contribution >= 0.6 is 0 Å². The normalized spacial score (nSPS) is 20.5. The Morgan fingerprint density at radius 3 is 2.19 bits per heavy atom. The van der Waals surface area contributed by atoms with Gasteiger partial charge >= 0.3 is 5.97 Å². The summed E-state index contributed by atoms with van der Waals surface area (Å²) >= 11 is 0. The number of amides is 1. The highest BCUT2D eigenvalue weighted by atomic mass is 16.5. The van der Waals surface area contributed by atoms with E-state index >= 15 is 0 Å². The molecule has 7 nitrogen and oxygen atoms in total. The van der Waals surface area contributed by atoms with Crippen LogP contribution in [-0.2, 0) is 14.3 Å². The molecular formula is C29H34N2O5. The van der Waals surface area contributed by atoms with Crippen molar-refractivity contribution in [3.8, 4) is 11.5 Å². The largest absolute Gasteiger partial charge is 0.497 e. The molecule has 2 atom stereocenters. The van der Waals surface area contributed by atoms with Crippen molar-refractivity contribution in [3.63, 3.8) is 0 Å². The third-order valence-corrected chi connectivity index (χ3v) is 6.61. The van der Waals surface area contributed by atoms with Crippen molar-refractivity contribution >= 4 is 23.7 Å². The van der Waals surface area contributed by atoms with Gasteiger partial charge in [-0.25, -0.2) is 5.01 Å². The van der Waals surface area contributed by atoms with Crippen LogP contribution in [0.15, 0.2) is 59.2 Å². The van der Waals surface area contributed by atoms with Crippen molar-refractivity contribution < 1.29 is 23.8 Å². The number of allylic oxidation sites excluding steroid dienone is 1. The van der Waals surface area contributed by atoms with Crippen LogP contribution in [0.1, 0.15) is 57.2 Å². The van der Waals surface area contributed by atoms with Gasteiger partial charge < -0.3 is 14.2 Å². The first-order valence-electron chi connectivity index (χ1n) is 12.3. The van der Waals surface area contributed by atoms with E-state index in [1.807, 2.05) is 48.5 Å². The Hall–Kier alpha value is -3.61. The van der Waals surface area contributed by atoms with Crippen LogP contribution in [-0.4, -0.2) is 43.4 Å². The summed E-state index contributed by atoms with van der Waals surface area (Å²) in [7, 11) is 3.28. The van der Waals surface area contributed by atoms with Gasteiger partial charge in [-0.1, -0.05) is 24.3 Å². The van der Waals surface area contributed by atoms with Gasteiger partial charge in [-0.05, 0) is 87.1 Å². The Labute approximate surface area is 212 Å². The van der Waals surface area contributed by atoms with E-state index in [4.69, 9.17) is 19.3 Å². The van der Waals surface area contributed by atoms with E-state index in [-0.39, 0.29) is 24.5 Å². The third-order valence-electron chi connectivity index (χ3n) is 6.61. The molecule has 1 aliphatic heterocycles. The number of esters is 1. The summed E-state index contributed by atoms with van der Waals surface area (Å²) in [6, 6.07) is 15.4.